The van der Waals surface area contributed by atoms with Crippen molar-refractivity contribution in [3.8, 4) is 33.6 Å². The smallest absolute Gasteiger partial charge is 0.0964 e. The molecule has 2 aromatic heterocycles. The van der Waals surface area contributed by atoms with Crippen molar-refractivity contribution in [3.63, 3.8) is 0 Å². The lowest BCUT2D eigenvalue weighted by Crippen LogP contribution is -2.15. The molecule has 1 aliphatic rings. The Labute approximate surface area is 234 Å². The van der Waals surface area contributed by atoms with Crippen LogP contribution in [0.2, 0.25) is 0 Å². The van der Waals surface area contributed by atoms with Crippen LogP contribution in [0.4, 0.5) is 0 Å². The molecule has 0 bridgehead atoms. The Morgan fingerprint density at radius 1 is 0.564 bits per heavy atom. The number of fused-ring (bicyclic) bond motifs is 3. The van der Waals surface area contributed by atoms with Crippen molar-refractivity contribution >= 4 is 0 Å². The minimum absolute atomic E-state index is 0.130. The lowest BCUT2D eigenvalue weighted by molar-refractivity contribution is 0.660. The first-order chi connectivity index (χ1) is 18.9. The molecule has 0 saturated heterocycles. The zero-order valence-corrected chi connectivity index (χ0v) is 24.6. The lowest BCUT2D eigenvalue weighted by atomic mass is 9.80. The van der Waals surface area contributed by atoms with Gasteiger partial charge in [-0.15, -0.1) is 0 Å². The molecule has 0 spiro atoms. The van der Waals surface area contributed by atoms with Crippen molar-refractivity contribution in [2.75, 3.05) is 0 Å². The first kappa shape index (κ1) is 27.2. The maximum atomic E-state index is 4.67. The van der Waals surface area contributed by atoms with Gasteiger partial charge in [0.2, 0.25) is 0 Å². The van der Waals surface area contributed by atoms with Gasteiger partial charge in [0.15, 0.2) is 0 Å². The average molecular weight is 519 g/mol. The molecule has 39 heavy (non-hydrogen) atoms. The summed E-state index contributed by atoms with van der Waals surface area (Å²) in [6.45, 7) is 13.7. The van der Waals surface area contributed by atoms with Gasteiger partial charge in [-0.3, -0.25) is 0 Å². The molecule has 0 fully saturated rings. The van der Waals surface area contributed by atoms with Crippen molar-refractivity contribution in [2.24, 2.45) is 0 Å². The van der Waals surface area contributed by atoms with E-state index in [1.165, 1.54) is 55.6 Å². The average Bonchev–Trinajstić information content (AvgIpc) is 3.16. The number of nitrogens with zero attached hydrogens (tertiary/aromatic N) is 4. The van der Waals surface area contributed by atoms with E-state index in [2.05, 4.69) is 98.3 Å². The molecule has 0 unspecified atom stereocenters. The molecule has 202 valence electrons. The van der Waals surface area contributed by atoms with Gasteiger partial charge >= 0.3 is 0 Å². The first-order valence-electron chi connectivity index (χ1n) is 14.9. The van der Waals surface area contributed by atoms with E-state index < -0.39 is 0 Å². The molecule has 4 aromatic rings. The number of aromatic nitrogens is 4. The number of hydrogen-bond acceptors (Lipinski definition) is 4. The first-order valence-corrected chi connectivity index (χ1v) is 14.9. The largest absolute Gasteiger partial charge is 0.158 e. The van der Waals surface area contributed by atoms with Crippen molar-refractivity contribution < 1.29 is 0 Å². The fourth-order valence-electron chi connectivity index (χ4n) is 6.42. The third kappa shape index (κ3) is 4.90. The zero-order chi connectivity index (χ0) is 27.6. The van der Waals surface area contributed by atoms with Gasteiger partial charge in [0.25, 0.3) is 0 Å². The topological polar surface area (TPSA) is 51.6 Å². The lowest BCUT2D eigenvalue weighted by Gasteiger charge is -2.23. The highest BCUT2D eigenvalue weighted by molar-refractivity contribution is 5.85. The SMILES string of the molecule is CCCc1cnnc(-c2ccc3c(c2)C(C)(C)c2cc(-c4nncc(CCC)c4CCC)ccc2-3)c1CCC. The summed E-state index contributed by atoms with van der Waals surface area (Å²) in [7, 11) is 0. The van der Waals surface area contributed by atoms with Crippen molar-refractivity contribution in [2.45, 2.75) is 98.3 Å². The third-order valence-corrected chi connectivity index (χ3v) is 8.35. The Bertz CT molecular complexity index is 1370. The van der Waals surface area contributed by atoms with Gasteiger partial charge in [0, 0.05) is 16.5 Å². The van der Waals surface area contributed by atoms with Gasteiger partial charge in [0.05, 0.1) is 23.8 Å². The highest BCUT2D eigenvalue weighted by Crippen LogP contribution is 2.50. The summed E-state index contributed by atoms with van der Waals surface area (Å²) < 4.78 is 0. The predicted molar refractivity (Wildman–Crippen MR) is 162 cm³/mol. The standard InChI is InChI=1S/C35H42N4/c1-7-11-25-21-36-38-33(27(25)13-9-3)23-15-17-29-30-18-16-24(20-32(30)35(5,6)31(29)19-23)34-28(14-10-4)26(12-8-2)22-37-39-34/h15-22H,7-14H2,1-6H3. The van der Waals surface area contributed by atoms with Crippen LogP contribution < -0.4 is 0 Å². The van der Waals surface area contributed by atoms with Crippen LogP contribution in [0.15, 0.2) is 48.8 Å². The Hall–Kier alpha value is -3.40. The highest BCUT2D eigenvalue weighted by Gasteiger charge is 2.36. The zero-order valence-electron chi connectivity index (χ0n) is 24.6. The van der Waals surface area contributed by atoms with E-state index in [9.17, 15) is 0 Å². The van der Waals surface area contributed by atoms with Crippen LogP contribution in [-0.4, -0.2) is 20.4 Å². The van der Waals surface area contributed by atoms with Crippen LogP contribution in [0.5, 0.6) is 0 Å². The van der Waals surface area contributed by atoms with Crippen LogP contribution >= 0.6 is 0 Å². The molecule has 2 aromatic carbocycles. The highest BCUT2D eigenvalue weighted by atomic mass is 15.1. The molecule has 2 heterocycles. The van der Waals surface area contributed by atoms with E-state index in [0.29, 0.717) is 0 Å². The van der Waals surface area contributed by atoms with Gasteiger partial charge < -0.3 is 0 Å². The van der Waals surface area contributed by atoms with Gasteiger partial charge in [-0.25, -0.2) is 0 Å². The molecule has 0 aliphatic heterocycles. The summed E-state index contributed by atoms with van der Waals surface area (Å²) >= 11 is 0. The molecule has 0 saturated carbocycles. The summed E-state index contributed by atoms with van der Waals surface area (Å²) in [6.07, 6.45) is 12.5. The van der Waals surface area contributed by atoms with Gasteiger partial charge in [-0.2, -0.15) is 20.4 Å². The van der Waals surface area contributed by atoms with Crippen molar-refractivity contribution in [3.05, 3.63) is 82.2 Å². The number of rotatable bonds is 10. The molecule has 5 rings (SSSR count). The van der Waals surface area contributed by atoms with E-state index in [0.717, 1.165) is 62.8 Å². The summed E-state index contributed by atoms with van der Waals surface area (Å²) in [4.78, 5) is 0. The molecule has 0 N–H and O–H groups in total. The molecule has 0 atom stereocenters. The second-order valence-electron chi connectivity index (χ2n) is 11.5. The van der Waals surface area contributed by atoms with Crippen LogP contribution in [0.3, 0.4) is 0 Å². The van der Waals surface area contributed by atoms with Crippen molar-refractivity contribution in [1.82, 2.24) is 20.4 Å². The monoisotopic (exact) mass is 518 g/mol. The molecule has 4 heteroatoms. The van der Waals surface area contributed by atoms with E-state index in [1.807, 2.05) is 12.4 Å². The Morgan fingerprint density at radius 2 is 0.974 bits per heavy atom. The van der Waals surface area contributed by atoms with Gasteiger partial charge in [0.1, 0.15) is 0 Å². The summed E-state index contributed by atoms with van der Waals surface area (Å²) in [5.74, 6) is 0. The fourth-order valence-corrected chi connectivity index (χ4v) is 6.42. The Morgan fingerprint density at radius 3 is 1.36 bits per heavy atom. The molecule has 0 radical (unpaired) electrons. The maximum absolute atomic E-state index is 4.67. The normalized spacial score (nSPS) is 13.4. The fraction of sp³-hybridized carbons (Fsp3) is 0.429. The Kier molecular flexibility index (Phi) is 7.93. The van der Waals surface area contributed by atoms with Crippen LogP contribution in [0, 0.1) is 0 Å². The second-order valence-corrected chi connectivity index (χ2v) is 11.5. The minimum Gasteiger partial charge on any atom is -0.158 e. The summed E-state index contributed by atoms with van der Waals surface area (Å²) in [6, 6.07) is 13.8. The number of aryl methyl sites for hydroxylation is 2. The van der Waals surface area contributed by atoms with E-state index in [1.54, 1.807) is 0 Å². The minimum atomic E-state index is -0.130. The Balaban J connectivity index is 1.60. The predicted octanol–water partition coefficient (Wildman–Crippen LogP) is 8.72. The summed E-state index contributed by atoms with van der Waals surface area (Å²) in [5, 5.41) is 18.2. The molecule has 4 nitrogen and oxygen atoms in total. The number of benzene rings is 2. The molecular formula is C35H42N4. The maximum Gasteiger partial charge on any atom is 0.0964 e. The molecule has 1 aliphatic carbocycles. The van der Waals surface area contributed by atoms with E-state index in [4.69, 9.17) is 0 Å². The van der Waals surface area contributed by atoms with Crippen LogP contribution in [0.25, 0.3) is 33.6 Å². The molecule has 0 amide bonds. The quantitative estimate of drug-likeness (QED) is 0.211. The van der Waals surface area contributed by atoms with Crippen molar-refractivity contribution in [1.29, 1.82) is 0 Å². The third-order valence-electron chi connectivity index (χ3n) is 8.35. The van der Waals surface area contributed by atoms with Crippen LogP contribution in [-0.2, 0) is 31.1 Å². The van der Waals surface area contributed by atoms with E-state index >= 15 is 0 Å². The van der Waals surface area contributed by atoms with Gasteiger partial charge in [-0.05, 0) is 82.3 Å². The molecular weight excluding hydrogens is 476 g/mol. The summed E-state index contributed by atoms with van der Waals surface area (Å²) in [5.41, 5.74) is 15.1. The number of hydrogen-bond donors (Lipinski definition) is 0. The van der Waals surface area contributed by atoms with Gasteiger partial charge in [-0.1, -0.05) is 91.5 Å². The van der Waals surface area contributed by atoms with Crippen LogP contribution in [0.1, 0.15) is 101 Å². The van der Waals surface area contributed by atoms with E-state index in [-0.39, 0.29) is 5.41 Å². The second kappa shape index (κ2) is 11.4.